The van der Waals surface area contributed by atoms with E-state index < -0.39 is 0 Å². The first kappa shape index (κ1) is 8.06. The van der Waals surface area contributed by atoms with Crippen molar-refractivity contribution in [1.29, 1.82) is 0 Å². The lowest BCUT2D eigenvalue weighted by atomic mass is 10.2. The Kier molecular flexibility index (Phi) is 3.20. The predicted octanol–water partition coefficient (Wildman–Crippen LogP) is 2.17. The highest BCUT2D eigenvalue weighted by Gasteiger charge is 2.20. The van der Waals surface area contributed by atoms with E-state index in [-0.39, 0.29) is 0 Å². The summed E-state index contributed by atoms with van der Waals surface area (Å²) in [6, 6.07) is 0.721. The monoisotopic (exact) mass is 141 g/mol. The molecule has 60 valence electrons. The lowest BCUT2D eigenvalue weighted by Crippen LogP contribution is -2.26. The summed E-state index contributed by atoms with van der Waals surface area (Å²) in [5, 5.41) is 3.50. The van der Waals surface area contributed by atoms with Crippen LogP contribution in [0.25, 0.3) is 0 Å². The van der Waals surface area contributed by atoms with Crippen LogP contribution in [0.1, 0.15) is 39.5 Å². The summed E-state index contributed by atoms with van der Waals surface area (Å²) in [5.74, 6) is 1.08. The van der Waals surface area contributed by atoms with Crippen molar-refractivity contribution in [3.05, 3.63) is 0 Å². The van der Waals surface area contributed by atoms with E-state index in [0.29, 0.717) is 0 Å². The van der Waals surface area contributed by atoms with Gasteiger partial charge in [-0.05, 0) is 32.2 Å². The first-order valence-electron chi connectivity index (χ1n) is 4.56. The molecule has 1 aliphatic carbocycles. The first-order valence-corrected chi connectivity index (χ1v) is 4.56. The molecule has 0 heterocycles. The smallest absolute Gasteiger partial charge is 0.00361 e. The molecule has 1 unspecified atom stereocenters. The van der Waals surface area contributed by atoms with Crippen molar-refractivity contribution in [3.8, 4) is 0 Å². The summed E-state index contributed by atoms with van der Waals surface area (Å²) >= 11 is 0. The van der Waals surface area contributed by atoms with Gasteiger partial charge >= 0.3 is 0 Å². The summed E-state index contributed by atoms with van der Waals surface area (Å²) in [4.78, 5) is 0. The fourth-order valence-electron chi connectivity index (χ4n) is 1.08. The molecule has 0 radical (unpaired) electrons. The van der Waals surface area contributed by atoms with Crippen LogP contribution >= 0.6 is 0 Å². The summed E-state index contributed by atoms with van der Waals surface area (Å²) in [5.41, 5.74) is 0. The van der Waals surface area contributed by atoms with Gasteiger partial charge in [0.15, 0.2) is 0 Å². The fraction of sp³-hybridized carbons (Fsp3) is 1.00. The van der Waals surface area contributed by atoms with Gasteiger partial charge < -0.3 is 5.32 Å². The number of hydrogen-bond donors (Lipinski definition) is 1. The number of rotatable bonds is 5. The molecule has 0 aromatic rings. The molecule has 1 saturated carbocycles. The summed E-state index contributed by atoms with van der Waals surface area (Å²) in [6.07, 6.45) is 5.64. The van der Waals surface area contributed by atoms with Crippen LogP contribution in [-0.4, -0.2) is 12.6 Å². The van der Waals surface area contributed by atoms with Crippen molar-refractivity contribution in [2.24, 2.45) is 5.92 Å². The maximum Gasteiger partial charge on any atom is 0.00361 e. The second kappa shape index (κ2) is 3.97. The Morgan fingerprint density at radius 2 is 2.20 bits per heavy atom. The fourth-order valence-corrected chi connectivity index (χ4v) is 1.08. The van der Waals surface area contributed by atoms with Crippen LogP contribution < -0.4 is 5.32 Å². The van der Waals surface area contributed by atoms with Crippen molar-refractivity contribution in [2.45, 2.75) is 45.6 Å². The topological polar surface area (TPSA) is 12.0 Å². The van der Waals surface area contributed by atoms with Crippen LogP contribution in [0.3, 0.4) is 0 Å². The minimum atomic E-state index is 0.721. The molecule has 1 atom stereocenters. The molecule has 0 amide bonds. The molecule has 1 heteroatoms. The third kappa shape index (κ3) is 3.21. The Hall–Kier alpha value is -0.0400. The van der Waals surface area contributed by atoms with Gasteiger partial charge in [0.2, 0.25) is 0 Å². The predicted molar refractivity (Wildman–Crippen MR) is 45.1 cm³/mol. The SMILES string of the molecule is CCC(C)NCCC1CC1. The van der Waals surface area contributed by atoms with Crippen LogP contribution in [0, 0.1) is 5.92 Å². The molecule has 10 heavy (non-hydrogen) atoms. The second-order valence-corrected chi connectivity index (χ2v) is 3.50. The average Bonchev–Trinajstić information content (AvgIpc) is 2.71. The van der Waals surface area contributed by atoms with Gasteiger partial charge in [0, 0.05) is 6.04 Å². The third-order valence-electron chi connectivity index (χ3n) is 2.35. The first-order chi connectivity index (χ1) is 4.83. The molecular weight excluding hydrogens is 122 g/mol. The highest BCUT2D eigenvalue weighted by Crippen LogP contribution is 2.31. The Morgan fingerprint density at radius 1 is 1.50 bits per heavy atom. The lowest BCUT2D eigenvalue weighted by molar-refractivity contribution is 0.511. The van der Waals surface area contributed by atoms with Gasteiger partial charge in [0.1, 0.15) is 0 Å². The van der Waals surface area contributed by atoms with Gasteiger partial charge in [-0.2, -0.15) is 0 Å². The highest BCUT2D eigenvalue weighted by atomic mass is 14.9. The van der Waals surface area contributed by atoms with Gasteiger partial charge in [0.05, 0.1) is 0 Å². The van der Waals surface area contributed by atoms with Crippen molar-refractivity contribution in [2.75, 3.05) is 6.54 Å². The van der Waals surface area contributed by atoms with Crippen LogP contribution in [0.2, 0.25) is 0 Å². The maximum atomic E-state index is 3.50. The zero-order valence-corrected chi connectivity index (χ0v) is 7.19. The van der Waals surface area contributed by atoms with Crippen molar-refractivity contribution >= 4 is 0 Å². The van der Waals surface area contributed by atoms with E-state index in [1.165, 1.54) is 32.2 Å². The van der Waals surface area contributed by atoms with Crippen LogP contribution in [0.5, 0.6) is 0 Å². The van der Waals surface area contributed by atoms with Gasteiger partial charge in [-0.25, -0.2) is 0 Å². The molecule has 0 aromatic carbocycles. The second-order valence-electron chi connectivity index (χ2n) is 3.50. The van der Waals surface area contributed by atoms with E-state index in [1.54, 1.807) is 0 Å². The third-order valence-corrected chi connectivity index (χ3v) is 2.35. The molecule has 1 nitrogen and oxygen atoms in total. The Bertz CT molecular complexity index is 86.7. The van der Waals surface area contributed by atoms with Crippen LogP contribution in [0.15, 0.2) is 0 Å². The largest absolute Gasteiger partial charge is 0.314 e. The van der Waals surface area contributed by atoms with Gasteiger partial charge in [-0.15, -0.1) is 0 Å². The quantitative estimate of drug-likeness (QED) is 0.618. The standard InChI is InChI=1S/C9H19N/c1-3-8(2)10-7-6-9-4-5-9/h8-10H,3-7H2,1-2H3. The molecule has 1 aliphatic rings. The highest BCUT2D eigenvalue weighted by molar-refractivity contribution is 4.74. The molecule has 1 N–H and O–H groups in total. The number of nitrogens with one attached hydrogen (secondary N) is 1. The summed E-state index contributed by atoms with van der Waals surface area (Å²) in [6.45, 7) is 5.72. The van der Waals surface area contributed by atoms with Crippen LogP contribution in [-0.2, 0) is 0 Å². The molecular formula is C9H19N. The molecule has 0 aliphatic heterocycles. The van der Waals surface area contributed by atoms with Crippen molar-refractivity contribution in [3.63, 3.8) is 0 Å². The van der Waals surface area contributed by atoms with E-state index in [4.69, 9.17) is 0 Å². The van der Waals surface area contributed by atoms with E-state index in [1.807, 2.05) is 0 Å². The van der Waals surface area contributed by atoms with Crippen molar-refractivity contribution in [1.82, 2.24) is 5.32 Å². The molecule has 0 bridgehead atoms. The molecule has 0 saturated heterocycles. The Morgan fingerprint density at radius 3 is 2.70 bits per heavy atom. The van der Waals surface area contributed by atoms with E-state index >= 15 is 0 Å². The number of hydrogen-bond acceptors (Lipinski definition) is 1. The Labute approximate surface area is 64.2 Å². The van der Waals surface area contributed by atoms with Crippen molar-refractivity contribution < 1.29 is 0 Å². The normalized spacial score (nSPS) is 21.0. The molecule has 1 fully saturated rings. The maximum absolute atomic E-state index is 3.50. The molecule has 0 aromatic heterocycles. The molecule has 1 rings (SSSR count). The zero-order chi connectivity index (χ0) is 7.40. The van der Waals surface area contributed by atoms with Gasteiger partial charge in [0.25, 0.3) is 0 Å². The zero-order valence-electron chi connectivity index (χ0n) is 7.19. The summed E-state index contributed by atoms with van der Waals surface area (Å²) in [7, 11) is 0. The van der Waals surface area contributed by atoms with Crippen LogP contribution in [0.4, 0.5) is 0 Å². The average molecular weight is 141 g/mol. The van der Waals surface area contributed by atoms with E-state index in [9.17, 15) is 0 Å². The van der Waals surface area contributed by atoms with Gasteiger partial charge in [-0.1, -0.05) is 19.8 Å². The van der Waals surface area contributed by atoms with E-state index in [0.717, 1.165) is 12.0 Å². The molecule has 0 spiro atoms. The van der Waals surface area contributed by atoms with E-state index in [2.05, 4.69) is 19.2 Å². The Balaban J connectivity index is 1.83. The minimum absolute atomic E-state index is 0.721. The minimum Gasteiger partial charge on any atom is -0.314 e. The van der Waals surface area contributed by atoms with Gasteiger partial charge in [-0.3, -0.25) is 0 Å². The summed E-state index contributed by atoms with van der Waals surface area (Å²) < 4.78 is 0. The lowest BCUT2D eigenvalue weighted by Gasteiger charge is -2.09.